The molecule has 0 amide bonds. The second kappa shape index (κ2) is 3.26. The Morgan fingerprint density at radius 2 is 2.13 bits per heavy atom. The van der Waals surface area contributed by atoms with Gasteiger partial charge < -0.3 is 5.73 Å². The Kier molecular flexibility index (Phi) is 2.28. The average Bonchev–Trinajstić information content (AvgIpc) is 2.84. The maximum absolute atomic E-state index is 5.83. The van der Waals surface area contributed by atoms with Gasteiger partial charge in [0.15, 0.2) is 0 Å². The third kappa shape index (κ3) is 1.75. The topological polar surface area (TPSA) is 54.7 Å². The fourth-order valence-corrected chi connectivity index (χ4v) is 2.54. The summed E-state index contributed by atoms with van der Waals surface area (Å²) in [7, 11) is 0. The minimum atomic E-state index is 0.398. The zero-order chi connectivity index (χ0) is 11.2. The highest BCUT2D eigenvalue weighted by atomic mass is 15.2. The number of anilines is 1. The highest BCUT2D eigenvalue weighted by Gasteiger charge is 2.47. The van der Waals surface area contributed by atoms with Crippen LogP contribution in [0.2, 0.25) is 0 Å². The van der Waals surface area contributed by atoms with E-state index in [2.05, 4.69) is 37.9 Å². The van der Waals surface area contributed by atoms with Crippen molar-refractivity contribution in [3.8, 4) is 0 Å². The van der Waals surface area contributed by atoms with Crippen LogP contribution in [0.1, 0.15) is 51.3 Å². The standard InChI is InChI=1S/C12H21N3/c1-5-7-10(14-15-11(7)13)8-6-9(8)12(2,3)4/h8-9H,5-6H2,1-4H3,(H3,13,14,15). The summed E-state index contributed by atoms with van der Waals surface area (Å²) in [6, 6.07) is 0. The molecule has 0 radical (unpaired) electrons. The summed E-state index contributed by atoms with van der Waals surface area (Å²) in [5.41, 5.74) is 8.74. The summed E-state index contributed by atoms with van der Waals surface area (Å²) < 4.78 is 0. The smallest absolute Gasteiger partial charge is 0.148 e. The van der Waals surface area contributed by atoms with Crippen molar-refractivity contribution < 1.29 is 0 Å². The number of nitrogens with two attached hydrogens (primary N) is 1. The van der Waals surface area contributed by atoms with Gasteiger partial charge in [-0.1, -0.05) is 27.7 Å². The molecule has 2 rings (SSSR count). The summed E-state index contributed by atoms with van der Waals surface area (Å²) >= 11 is 0. The van der Waals surface area contributed by atoms with Crippen LogP contribution < -0.4 is 5.73 Å². The summed E-state index contributed by atoms with van der Waals surface area (Å²) in [6.45, 7) is 9.06. The van der Waals surface area contributed by atoms with Gasteiger partial charge in [-0.05, 0) is 24.2 Å². The van der Waals surface area contributed by atoms with Crippen LogP contribution in [0, 0.1) is 11.3 Å². The molecule has 0 spiro atoms. The molecule has 1 heterocycles. The lowest BCUT2D eigenvalue weighted by Crippen LogP contribution is -2.09. The van der Waals surface area contributed by atoms with Crippen molar-refractivity contribution in [3.63, 3.8) is 0 Å². The summed E-state index contributed by atoms with van der Waals surface area (Å²) in [5, 5.41) is 7.23. The highest BCUT2D eigenvalue weighted by molar-refractivity contribution is 5.45. The van der Waals surface area contributed by atoms with E-state index in [-0.39, 0.29) is 0 Å². The minimum Gasteiger partial charge on any atom is -0.382 e. The third-order valence-corrected chi connectivity index (χ3v) is 3.56. The Balaban J connectivity index is 2.20. The first-order chi connectivity index (χ1) is 6.95. The number of hydrogen-bond acceptors (Lipinski definition) is 2. The van der Waals surface area contributed by atoms with Crippen LogP contribution in [0.4, 0.5) is 5.82 Å². The summed E-state index contributed by atoms with van der Waals surface area (Å²) in [6.07, 6.45) is 2.25. The number of nitrogen functional groups attached to an aromatic ring is 1. The molecule has 1 aliphatic rings. The third-order valence-electron chi connectivity index (χ3n) is 3.56. The molecule has 1 aliphatic carbocycles. The average molecular weight is 207 g/mol. The number of hydrogen-bond donors (Lipinski definition) is 2. The number of aromatic amines is 1. The van der Waals surface area contributed by atoms with E-state index in [0.717, 1.165) is 12.3 Å². The first-order valence-electron chi connectivity index (χ1n) is 5.77. The quantitative estimate of drug-likeness (QED) is 0.783. The van der Waals surface area contributed by atoms with Gasteiger partial charge in [0.2, 0.25) is 0 Å². The largest absolute Gasteiger partial charge is 0.382 e. The molecule has 1 fully saturated rings. The van der Waals surface area contributed by atoms with Gasteiger partial charge in [0, 0.05) is 17.2 Å². The maximum atomic E-state index is 5.83. The second-order valence-electron chi connectivity index (χ2n) is 5.67. The van der Waals surface area contributed by atoms with Gasteiger partial charge in [-0.15, -0.1) is 0 Å². The Bertz CT molecular complexity index is 359. The first kappa shape index (κ1) is 10.5. The molecule has 84 valence electrons. The predicted octanol–water partition coefficient (Wildman–Crippen LogP) is 2.70. The van der Waals surface area contributed by atoms with Crippen LogP contribution >= 0.6 is 0 Å². The van der Waals surface area contributed by atoms with Gasteiger partial charge in [-0.2, -0.15) is 5.10 Å². The van der Waals surface area contributed by atoms with Gasteiger partial charge in [-0.3, -0.25) is 5.10 Å². The van der Waals surface area contributed by atoms with E-state index in [9.17, 15) is 0 Å². The number of aromatic nitrogens is 2. The maximum Gasteiger partial charge on any atom is 0.148 e. The van der Waals surface area contributed by atoms with E-state index in [4.69, 9.17) is 5.73 Å². The molecule has 2 unspecified atom stereocenters. The van der Waals surface area contributed by atoms with E-state index in [1.54, 1.807) is 0 Å². The van der Waals surface area contributed by atoms with Crippen LogP contribution in [-0.2, 0) is 6.42 Å². The molecule has 1 aromatic rings. The SMILES string of the molecule is CCc1c(N)n[nH]c1C1CC1C(C)(C)C. The van der Waals surface area contributed by atoms with Crippen molar-refractivity contribution in [2.24, 2.45) is 11.3 Å². The molecule has 0 saturated heterocycles. The first-order valence-corrected chi connectivity index (χ1v) is 5.77. The molecule has 1 aromatic heterocycles. The van der Waals surface area contributed by atoms with Gasteiger partial charge >= 0.3 is 0 Å². The summed E-state index contributed by atoms with van der Waals surface area (Å²) in [4.78, 5) is 0. The minimum absolute atomic E-state index is 0.398. The fourth-order valence-electron chi connectivity index (χ4n) is 2.54. The van der Waals surface area contributed by atoms with E-state index in [1.165, 1.54) is 17.7 Å². The van der Waals surface area contributed by atoms with Crippen LogP contribution in [0.3, 0.4) is 0 Å². The molecule has 3 heteroatoms. The lowest BCUT2D eigenvalue weighted by molar-refractivity contribution is 0.342. The van der Waals surface area contributed by atoms with Crippen LogP contribution in [0.5, 0.6) is 0 Å². The number of nitrogens with zero attached hydrogens (tertiary/aromatic N) is 1. The van der Waals surface area contributed by atoms with Crippen molar-refractivity contribution >= 4 is 5.82 Å². The van der Waals surface area contributed by atoms with E-state index < -0.39 is 0 Å². The molecular formula is C12H21N3. The Morgan fingerprint density at radius 3 is 2.60 bits per heavy atom. The molecule has 3 nitrogen and oxygen atoms in total. The molecule has 0 aliphatic heterocycles. The van der Waals surface area contributed by atoms with Crippen molar-refractivity contribution in [1.82, 2.24) is 10.2 Å². The molecule has 2 atom stereocenters. The molecule has 1 saturated carbocycles. The molecule has 0 aromatic carbocycles. The van der Waals surface area contributed by atoms with E-state index >= 15 is 0 Å². The molecular weight excluding hydrogens is 186 g/mol. The molecule has 3 N–H and O–H groups in total. The Labute approximate surface area is 91.4 Å². The monoisotopic (exact) mass is 207 g/mol. The molecule has 15 heavy (non-hydrogen) atoms. The lowest BCUT2D eigenvalue weighted by Gasteiger charge is -2.17. The number of H-pyrrole nitrogens is 1. The van der Waals surface area contributed by atoms with Crippen molar-refractivity contribution in [1.29, 1.82) is 0 Å². The Morgan fingerprint density at radius 1 is 1.47 bits per heavy atom. The van der Waals surface area contributed by atoms with Gasteiger partial charge in [0.05, 0.1) is 0 Å². The van der Waals surface area contributed by atoms with Gasteiger partial charge in [0.25, 0.3) is 0 Å². The zero-order valence-electron chi connectivity index (χ0n) is 10.1. The lowest BCUT2D eigenvalue weighted by atomic mass is 9.88. The van der Waals surface area contributed by atoms with Crippen molar-refractivity contribution in [2.45, 2.75) is 46.5 Å². The zero-order valence-corrected chi connectivity index (χ0v) is 10.1. The number of rotatable bonds is 2. The second-order valence-corrected chi connectivity index (χ2v) is 5.67. The molecule has 0 bridgehead atoms. The predicted molar refractivity (Wildman–Crippen MR) is 62.7 cm³/mol. The van der Waals surface area contributed by atoms with Crippen molar-refractivity contribution in [2.75, 3.05) is 5.73 Å². The highest BCUT2D eigenvalue weighted by Crippen LogP contribution is 2.57. The summed E-state index contributed by atoms with van der Waals surface area (Å²) in [5.74, 6) is 2.12. The van der Waals surface area contributed by atoms with Crippen LogP contribution in [0.25, 0.3) is 0 Å². The normalized spacial score (nSPS) is 25.6. The van der Waals surface area contributed by atoms with Crippen LogP contribution in [-0.4, -0.2) is 10.2 Å². The van der Waals surface area contributed by atoms with E-state index in [1.807, 2.05) is 0 Å². The number of nitrogens with one attached hydrogen (secondary N) is 1. The Hall–Kier alpha value is -0.990. The van der Waals surface area contributed by atoms with E-state index in [0.29, 0.717) is 17.2 Å². The van der Waals surface area contributed by atoms with Gasteiger partial charge in [-0.25, -0.2) is 0 Å². The van der Waals surface area contributed by atoms with Gasteiger partial charge in [0.1, 0.15) is 5.82 Å². The fraction of sp³-hybridized carbons (Fsp3) is 0.750. The van der Waals surface area contributed by atoms with Crippen molar-refractivity contribution in [3.05, 3.63) is 11.3 Å². The van der Waals surface area contributed by atoms with Crippen LogP contribution in [0.15, 0.2) is 0 Å².